The molecule has 198 valence electrons. The van der Waals surface area contributed by atoms with Crippen LogP contribution in [0.5, 0.6) is 0 Å². The maximum Gasteiger partial charge on any atom is 0.0534 e. The van der Waals surface area contributed by atoms with Gasteiger partial charge in [-0.1, -0.05) is 103 Å². The summed E-state index contributed by atoms with van der Waals surface area (Å²) in [5, 5.41) is 0. The summed E-state index contributed by atoms with van der Waals surface area (Å²) in [6, 6.07) is 32.0. The summed E-state index contributed by atoms with van der Waals surface area (Å²) in [5.41, 5.74) is 14.8. The lowest BCUT2D eigenvalue weighted by molar-refractivity contribution is 0.179. The topological polar surface area (TPSA) is 9.23 Å². The van der Waals surface area contributed by atoms with Gasteiger partial charge in [-0.3, -0.25) is 0 Å². The quantitative estimate of drug-likeness (QED) is 0.192. The van der Waals surface area contributed by atoms with E-state index in [0.29, 0.717) is 12.5 Å². The lowest BCUT2D eigenvalue weighted by Crippen LogP contribution is -2.06. The molecule has 1 aliphatic carbocycles. The van der Waals surface area contributed by atoms with E-state index in [1.54, 1.807) is 7.11 Å². The molecule has 4 aromatic rings. The van der Waals surface area contributed by atoms with Crippen molar-refractivity contribution in [2.24, 2.45) is 0 Å². The number of aryl methyl sites for hydroxylation is 3. The van der Waals surface area contributed by atoms with Crippen molar-refractivity contribution >= 4 is 0 Å². The van der Waals surface area contributed by atoms with Crippen LogP contribution in [0.4, 0.5) is 0 Å². The van der Waals surface area contributed by atoms with Gasteiger partial charge in [0.05, 0.1) is 6.61 Å². The molecular weight excluding hydrogens is 472 g/mol. The summed E-state index contributed by atoms with van der Waals surface area (Å²) in [4.78, 5) is 0. The molecular formula is C38H40O. The fourth-order valence-electron chi connectivity index (χ4n) is 5.90. The third-order valence-electron chi connectivity index (χ3n) is 7.96. The lowest BCUT2D eigenvalue weighted by Gasteiger charge is -2.21. The van der Waals surface area contributed by atoms with Gasteiger partial charge in [0.25, 0.3) is 0 Å². The zero-order chi connectivity index (χ0) is 27.2. The van der Waals surface area contributed by atoms with Crippen molar-refractivity contribution in [3.8, 4) is 33.4 Å². The van der Waals surface area contributed by atoms with Crippen LogP contribution in [-0.2, 0) is 24.0 Å². The molecule has 0 heterocycles. The Hall–Kier alpha value is -3.68. The van der Waals surface area contributed by atoms with Gasteiger partial charge < -0.3 is 4.74 Å². The molecule has 0 N–H and O–H groups in total. The van der Waals surface area contributed by atoms with Gasteiger partial charge in [-0.05, 0) is 102 Å². The predicted octanol–water partition coefficient (Wildman–Crippen LogP) is 9.99. The minimum atomic E-state index is 0.352. The van der Waals surface area contributed by atoms with Crippen LogP contribution < -0.4 is 0 Å². The fourth-order valence-corrected chi connectivity index (χ4v) is 5.90. The SMILES string of the molecule is C=C(C)CC(COC)c1ccc(-c2ccc(-c3ccc4c(c3)CCc3cc(CC/C=C/C)ccc3-4)cc2)cc1. The Balaban J connectivity index is 1.32. The van der Waals surface area contributed by atoms with Crippen LogP contribution in [0.2, 0.25) is 0 Å². The molecule has 0 spiro atoms. The summed E-state index contributed by atoms with van der Waals surface area (Å²) in [7, 11) is 1.77. The molecule has 0 saturated heterocycles. The lowest BCUT2D eigenvalue weighted by atomic mass is 9.83. The molecule has 39 heavy (non-hydrogen) atoms. The van der Waals surface area contributed by atoms with Crippen molar-refractivity contribution in [3.63, 3.8) is 0 Å². The van der Waals surface area contributed by atoms with Gasteiger partial charge in [-0.2, -0.15) is 0 Å². The number of fused-ring (bicyclic) bond motifs is 3. The summed E-state index contributed by atoms with van der Waals surface area (Å²) >= 11 is 0. The van der Waals surface area contributed by atoms with Crippen LogP contribution in [0.15, 0.2) is 109 Å². The Labute approximate surface area is 234 Å². The van der Waals surface area contributed by atoms with Crippen LogP contribution in [0.3, 0.4) is 0 Å². The Morgan fingerprint density at radius 1 is 0.795 bits per heavy atom. The maximum atomic E-state index is 5.46. The first kappa shape index (κ1) is 26.9. The smallest absolute Gasteiger partial charge is 0.0534 e. The summed E-state index contributed by atoms with van der Waals surface area (Å²) in [6.07, 6.45) is 9.80. The van der Waals surface area contributed by atoms with E-state index in [1.807, 2.05) is 0 Å². The first-order valence-corrected chi connectivity index (χ1v) is 14.3. The molecule has 0 aliphatic heterocycles. The minimum absolute atomic E-state index is 0.352. The largest absolute Gasteiger partial charge is 0.384 e. The first-order chi connectivity index (χ1) is 19.1. The van der Waals surface area contributed by atoms with Crippen LogP contribution in [0.25, 0.3) is 33.4 Å². The van der Waals surface area contributed by atoms with Gasteiger partial charge in [0.15, 0.2) is 0 Å². The second kappa shape index (κ2) is 12.5. The van der Waals surface area contributed by atoms with Crippen LogP contribution in [-0.4, -0.2) is 13.7 Å². The van der Waals surface area contributed by atoms with Crippen LogP contribution in [0, 0.1) is 0 Å². The highest BCUT2D eigenvalue weighted by Gasteiger charge is 2.17. The summed E-state index contributed by atoms with van der Waals surface area (Å²) in [5.74, 6) is 0.352. The van der Waals surface area contributed by atoms with Crippen LogP contribution in [0.1, 0.15) is 54.9 Å². The minimum Gasteiger partial charge on any atom is -0.384 e. The number of benzene rings is 4. The van der Waals surface area contributed by atoms with Crippen molar-refractivity contribution in [2.75, 3.05) is 13.7 Å². The third kappa shape index (κ3) is 6.32. The molecule has 5 rings (SSSR count). The standard InChI is InChI=1S/C38H40O/c1-5-6-7-8-28-9-21-37-34(24-28)18-19-35-25-33(20-22-38(35)37)31-14-10-29(11-15-31)30-12-16-32(17-13-30)36(26-39-4)23-27(2)3/h5-6,9-17,20-22,24-25,36H,2,7-8,18-19,23,26H2,1,3-4H3/b6-5+. The maximum absolute atomic E-state index is 5.46. The van der Waals surface area contributed by atoms with Crippen molar-refractivity contribution in [1.29, 1.82) is 0 Å². The molecule has 0 bridgehead atoms. The summed E-state index contributed by atoms with van der Waals surface area (Å²) < 4.78 is 5.46. The van der Waals surface area contributed by atoms with E-state index < -0.39 is 0 Å². The van der Waals surface area contributed by atoms with Gasteiger partial charge in [0.1, 0.15) is 0 Å². The average Bonchev–Trinajstić information content (AvgIpc) is 2.96. The van der Waals surface area contributed by atoms with Gasteiger partial charge in [0.2, 0.25) is 0 Å². The number of ether oxygens (including phenoxy) is 1. The van der Waals surface area contributed by atoms with Crippen molar-refractivity contribution in [3.05, 3.63) is 131 Å². The highest BCUT2D eigenvalue weighted by atomic mass is 16.5. The highest BCUT2D eigenvalue weighted by molar-refractivity contribution is 5.78. The molecule has 4 aromatic carbocycles. The van der Waals surface area contributed by atoms with E-state index >= 15 is 0 Å². The Morgan fingerprint density at radius 3 is 1.97 bits per heavy atom. The van der Waals surface area contributed by atoms with E-state index in [1.165, 1.54) is 61.2 Å². The molecule has 0 aromatic heterocycles. The molecule has 0 amide bonds. The molecule has 1 nitrogen and oxygen atoms in total. The van der Waals surface area contributed by atoms with Crippen molar-refractivity contribution < 1.29 is 4.74 Å². The normalized spacial score (nSPS) is 13.2. The number of allylic oxidation sites excluding steroid dienone is 3. The number of hydrogen-bond donors (Lipinski definition) is 0. The molecule has 0 fully saturated rings. The van der Waals surface area contributed by atoms with Crippen molar-refractivity contribution in [1.82, 2.24) is 0 Å². The zero-order valence-corrected chi connectivity index (χ0v) is 23.7. The van der Waals surface area contributed by atoms with Gasteiger partial charge in [0, 0.05) is 13.0 Å². The molecule has 0 radical (unpaired) electrons. The zero-order valence-electron chi connectivity index (χ0n) is 23.7. The Bertz CT molecular complexity index is 1450. The van der Waals surface area contributed by atoms with Gasteiger partial charge in [-0.15, -0.1) is 6.58 Å². The molecule has 1 unspecified atom stereocenters. The Kier molecular flexibility index (Phi) is 8.59. The third-order valence-corrected chi connectivity index (χ3v) is 7.96. The molecule has 1 heteroatoms. The Morgan fingerprint density at radius 2 is 1.36 bits per heavy atom. The van der Waals surface area contributed by atoms with E-state index in [4.69, 9.17) is 4.74 Å². The highest BCUT2D eigenvalue weighted by Crippen LogP contribution is 2.37. The number of hydrogen-bond acceptors (Lipinski definition) is 1. The number of methoxy groups -OCH3 is 1. The van der Waals surface area contributed by atoms with Crippen LogP contribution >= 0.6 is 0 Å². The van der Waals surface area contributed by atoms with E-state index in [9.17, 15) is 0 Å². The van der Waals surface area contributed by atoms with E-state index in [0.717, 1.165) is 32.1 Å². The fraction of sp³-hybridized carbons (Fsp3) is 0.263. The van der Waals surface area contributed by atoms with E-state index in [2.05, 4.69) is 118 Å². The van der Waals surface area contributed by atoms with Gasteiger partial charge in [-0.25, -0.2) is 0 Å². The monoisotopic (exact) mass is 512 g/mol. The predicted molar refractivity (Wildman–Crippen MR) is 167 cm³/mol. The molecule has 1 atom stereocenters. The average molecular weight is 513 g/mol. The first-order valence-electron chi connectivity index (χ1n) is 14.3. The summed E-state index contributed by atoms with van der Waals surface area (Å²) in [6.45, 7) is 8.98. The number of rotatable bonds is 10. The molecule has 0 saturated carbocycles. The van der Waals surface area contributed by atoms with E-state index in [-0.39, 0.29) is 0 Å². The molecule has 1 aliphatic rings. The van der Waals surface area contributed by atoms with Crippen molar-refractivity contribution in [2.45, 2.75) is 51.9 Å². The second-order valence-electron chi connectivity index (χ2n) is 11.0. The van der Waals surface area contributed by atoms with Gasteiger partial charge >= 0.3 is 0 Å². The second-order valence-corrected chi connectivity index (χ2v) is 11.0.